The number of carbonyl (C=O) groups is 1. The molecule has 26 heavy (non-hydrogen) atoms. The van der Waals surface area contributed by atoms with Crippen molar-refractivity contribution in [3.63, 3.8) is 0 Å². The second-order valence-corrected chi connectivity index (χ2v) is 7.12. The van der Waals surface area contributed by atoms with E-state index in [1.54, 1.807) is 6.92 Å². The van der Waals surface area contributed by atoms with Gasteiger partial charge in [-0.25, -0.2) is 4.79 Å². The van der Waals surface area contributed by atoms with Crippen LogP contribution in [0.25, 0.3) is 0 Å². The summed E-state index contributed by atoms with van der Waals surface area (Å²) < 4.78 is 39.8. The van der Waals surface area contributed by atoms with E-state index in [-0.39, 0.29) is 11.6 Å². The van der Waals surface area contributed by atoms with Crippen LogP contribution in [0.1, 0.15) is 55.1 Å². The molecule has 0 bridgehead atoms. The summed E-state index contributed by atoms with van der Waals surface area (Å²) in [5.74, 6) is -1.33. The molecule has 0 saturated carbocycles. The van der Waals surface area contributed by atoms with E-state index < -0.39 is 17.7 Å². The molecule has 1 saturated heterocycles. The molecule has 1 aromatic carbocycles. The van der Waals surface area contributed by atoms with Crippen molar-refractivity contribution in [1.82, 2.24) is 4.90 Å². The van der Waals surface area contributed by atoms with Crippen molar-refractivity contribution in [2.75, 3.05) is 24.5 Å². The molecule has 2 rings (SSSR count). The SMILES string of the molecule is CCN(c1cc(C(F)(F)F)cc(C(=O)O)c1C)C1CCN(C(C)C)CC1. The van der Waals surface area contributed by atoms with Crippen LogP contribution in [0.4, 0.5) is 18.9 Å². The number of anilines is 1. The Morgan fingerprint density at radius 3 is 2.31 bits per heavy atom. The molecule has 4 nitrogen and oxygen atoms in total. The van der Waals surface area contributed by atoms with Gasteiger partial charge in [0.2, 0.25) is 0 Å². The number of carboxylic acids is 1. The third kappa shape index (κ3) is 4.31. The van der Waals surface area contributed by atoms with Crippen LogP contribution in [0, 0.1) is 6.92 Å². The topological polar surface area (TPSA) is 43.8 Å². The fourth-order valence-corrected chi connectivity index (χ4v) is 3.72. The fraction of sp³-hybridized carbons (Fsp3) is 0.632. The molecule has 0 amide bonds. The Labute approximate surface area is 152 Å². The van der Waals surface area contributed by atoms with Crippen LogP contribution < -0.4 is 4.90 Å². The second-order valence-electron chi connectivity index (χ2n) is 7.12. The van der Waals surface area contributed by atoms with E-state index in [4.69, 9.17) is 0 Å². The van der Waals surface area contributed by atoms with Gasteiger partial charge in [0, 0.05) is 37.4 Å². The Bertz CT molecular complexity index is 651. The zero-order valence-electron chi connectivity index (χ0n) is 15.7. The van der Waals surface area contributed by atoms with Gasteiger partial charge in [-0.15, -0.1) is 0 Å². The lowest BCUT2D eigenvalue weighted by atomic mass is 9.97. The van der Waals surface area contributed by atoms with Crippen molar-refractivity contribution in [2.45, 2.75) is 58.8 Å². The molecule has 0 aliphatic carbocycles. The van der Waals surface area contributed by atoms with Crippen molar-refractivity contribution < 1.29 is 23.1 Å². The van der Waals surface area contributed by atoms with E-state index in [9.17, 15) is 23.1 Å². The van der Waals surface area contributed by atoms with E-state index in [2.05, 4.69) is 18.7 Å². The molecule has 1 aliphatic heterocycles. The predicted molar refractivity (Wildman–Crippen MR) is 95.9 cm³/mol. The number of hydrogen-bond acceptors (Lipinski definition) is 3. The minimum atomic E-state index is -4.58. The number of carboxylic acid groups (broad SMARTS) is 1. The first-order chi connectivity index (χ1) is 12.1. The molecule has 146 valence electrons. The van der Waals surface area contributed by atoms with Crippen LogP contribution in [0.3, 0.4) is 0 Å². The summed E-state index contributed by atoms with van der Waals surface area (Å²) in [6, 6.07) is 2.38. The first-order valence-electron chi connectivity index (χ1n) is 9.02. The number of alkyl halides is 3. The number of halogens is 3. The largest absolute Gasteiger partial charge is 0.478 e. The summed E-state index contributed by atoms with van der Waals surface area (Å²) in [6.07, 6.45) is -2.87. The maximum atomic E-state index is 13.3. The van der Waals surface area contributed by atoms with Gasteiger partial charge in [-0.3, -0.25) is 0 Å². The second kappa shape index (κ2) is 7.86. The van der Waals surface area contributed by atoms with E-state index in [0.717, 1.165) is 38.1 Å². The van der Waals surface area contributed by atoms with Gasteiger partial charge in [0.05, 0.1) is 11.1 Å². The van der Waals surface area contributed by atoms with Crippen molar-refractivity contribution in [3.8, 4) is 0 Å². The van der Waals surface area contributed by atoms with Crippen LogP contribution in [-0.4, -0.2) is 47.7 Å². The highest BCUT2D eigenvalue weighted by Gasteiger charge is 2.34. The minimum Gasteiger partial charge on any atom is -0.478 e. The first kappa shape index (κ1) is 20.6. The Morgan fingerprint density at radius 2 is 1.88 bits per heavy atom. The van der Waals surface area contributed by atoms with Gasteiger partial charge in [-0.05, 0) is 58.2 Å². The van der Waals surface area contributed by atoms with Crippen LogP contribution in [0.2, 0.25) is 0 Å². The number of aromatic carboxylic acids is 1. The van der Waals surface area contributed by atoms with Crippen LogP contribution >= 0.6 is 0 Å². The summed E-state index contributed by atoms with van der Waals surface area (Å²) in [5.41, 5.74) is -0.428. The molecular formula is C19H27F3N2O2. The molecule has 0 unspecified atom stereocenters. The van der Waals surface area contributed by atoms with Gasteiger partial charge in [0.1, 0.15) is 0 Å². The zero-order valence-corrected chi connectivity index (χ0v) is 15.7. The van der Waals surface area contributed by atoms with Gasteiger partial charge in [-0.1, -0.05) is 0 Å². The molecule has 0 radical (unpaired) electrons. The molecule has 1 fully saturated rings. The summed E-state index contributed by atoms with van der Waals surface area (Å²) >= 11 is 0. The number of likely N-dealkylation sites (tertiary alicyclic amines) is 1. The maximum Gasteiger partial charge on any atom is 0.416 e. The molecular weight excluding hydrogens is 345 g/mol. The Morgan fingerprint density at radius 1 is 1.31 bits per heavy atom. The normalized spacial score (nSPS) is 16.9. The molecule has 1 N–H and O–H groups in total. The van der Waals surface area contributed by atoms with E-state index in [1.165, 1.54) is 0 Å². The Balaban J connectivity index is 2.41. The molecule has 0 spiro atoms. The molecule has 1 aliphatic rings. The smallest absolute Gasteiger partial charge is 0.416 e. The maximum absolute atomic E-state index is 13.3. The van der Waals surface area contributed by atoms with Crippen molar-refractivity contribution >= 4 is 11.7 Å². The number of piperidine rings is 1. The molecule has 0 atom stereocenters. The number of rotatable bonds is 5. The number of nitrogens with zero attached hydrogens (tertiary/aromatic N) is 2. The highest BCUT2D eigenvalue weighted by molar-refractivity contribution is 5.91. The van der Waals surface area contributed by atoms with Crippen LogP contribution in [0.15, 0.2) is 12.1 Å². The third-order valence-corrected chi connectivity index (χ3v) is 5.26. The lowest BCUT2D eigenvalue weighted by Crippen LogP contribution is -2.47. The third-order valence-electron chi connectivity index (χ3n) is 5.26. The fourth-order valence-electron chi connectivity index (χ4n) is 3.72. The summed E-state index contributed by atoms with van der Waals surface area (Å²) in [7, 11) is 0. The lowest BCUT2D eigenvalue weighted by molar-refractivity contribution is -0.137. The average molecular weight is 372 g/mol. The highest BCUT2D eigenvalue weighted by Crippen LogP contribution is 2.37. The van der Waals surface area contributed by atoms with Gasteiger partial charge in [0.15, 0.2) is 0 Å². The highest BCUT2D eigenvalue weighted by atomic mass is 19.4. The quantitative estimate of drug-likeness (QED) is 0.831. The Hall–Kier alpha value is -1.76. The molecule has 7 heteroatoms. The summed E-state index contributed by atoms with van der Waals surface area (Å²) in [6.45, 7) is 10.1. The zero-order chi connectivity index (χ0) is 19.6. The standard InChI is InChI=1S/C19H27F3N2O2/c1-5-24(15-6-8-23(9-7-15)12(2)3)17-11-14(19(20,21)22)10-16(13(17)4)18(25)26/h10-12,15H,5-9H2,1-4H3,(H,25,26). The van der Waals surface area contributed by atoms with Gasteiger partial charge in [0.25, 0.3) is 0 Å². The Kier molecular flexibility index (Phi) is 6.21. The van der Waals surface area contributed by atoms with Gasteiger partial charge < -0.3 is 14.9 Å². The minimum absolute atomic E-state index is 0.110. The lowest BCUT2D eigenvalue weighted by Gasteiger charge is -2.41. The number of benzene rings is 1. The van der Waals surface area contributed by atoms with Crippen molar-refractivity contribution in [3.05, 3.63) is 28.8 Å². The van der Waals surface area contributed by atoms with Crippen molar-refractivity contribution in [2.24, 2.45) is 0 Å². The first-order valence-corrected chi connectivity index (χ1v) is 9.02. The summed E-state index contributed by atoms with van der Waals surface area (Å²) in [4.78, 5) is 15.8. The molecule has 0 aromatic heterocycles. The van der Waals surface area contributed by atoms with Crippen molar-refractivity contribution in [1.29, 1.82) is 0 Å². The van der Waals surface area contributed by atoms with Crippen LogP contribution in [0.5, 0.6) is 0 Å². The van der Waals surface area contributed by atoms with Gasteiger partial charge >= 0.3 is 12.1 Å². The summed E-state index contributed by atoms with van der Waals surface area (Å²) in [5, 5.41) is 9.35. The monoisotopic (exact) mass is 372 g/mol. The van der Waals surface area contributed by atoms with Crippen LogP contribution in [-0.2, 0) is 6.18 Å². The number of hydrogen-bond donors (Lipinski definition) is 1. The van der Waals surface area contributed by atoms with E-state index in [1.807, 2.05) is 11.8 Å². The van der Waals surface area contributed by atoms with E-state index >= 15 is 0 Å². The van der Waals surface area contributed by atoms with Gasteiger partial charge in [-0.2, -0.15) is 13.2 Å². The van der Waals surface area contributed by atoms with E-state index in [0.29, 0.717) is 23.8 Å². The molecule has 1 heterocycles. The average Bonchev–Trinajstić information content (AvgIpc) is 2.56. The molecule has 1 aromatic rings. The predicted octanol–water partition coefficient (Wildman–Crippen LogP) is 4.41.